The van der Waals surface area contributed by atoms with Crippen LogP contribution in [0, 0.1) is 0 Å². The maximum Gasteiger partial charge on any atom is 0.251 e. The highest BCUT2D eigenvalue weighted by Gasteiger charge is 2.24. The molecular formula is C16H15ClN2O. The van der Waals surface area contributed by atoms with Crippen molar-refractivity contribution in [2.75, 3.05) is 5.73 Å². The number of nitrogens with two attached hydrogens (primary N) is 1. The van der Waals surface area contributed by atoms with Gasteiger partial charge in [0.05, 0.1) is 6.04 Å². The number of nitrogen functional groups attached to an aromatic ring is 1. The van der Waals surface area contributed by atoms with Crippen LogP contribution in [0.15, 0.2) is 42.5 Å². The maximum absolute atomic E-state index is 12.2. The predicted molar refractivity (Wildman–Crippen MR) is 80.8 cm³/mol. The molecule has 0 saturated carbocycles. The van der Waals surface area contributed by atoms with E-state index in [0.717, 1.165) is 18.5 Å². The van der Waals surface area contributed by atoms with Gasteiger partial charge in [0.25, 0.3) is 5.91 Å². The Morgan fingerprint density at radius 1 is 1.20 bits per heavy atom. The van der Waals surface area contributed by atoms with Gasteiger partial charge in [0.2, 0.25) is 0 Å². The van der Waals surface area contributed by atoms with E-state index >= 15 is 0 Å². The molecule has 1 unspecified atom stereocenters. The number of amides is 1. The van der Waals surface area contributed by atoms with E-state index in [0.29, 0.717) is 10.6 Å². The molecule has 0 aliphatic heterocycles. The number of fused-ring (bicyclic) bond motifs is 1. The van der Waals surface area contributed by atoms with Crippen molar-refractivity contribution < 1.29 is 4.79 Å². The SMILES string of the molecule is Nc1ccc2c(c1)CCC2NC(=O)c1ccc(Cl)cc1. The quantitative estimate of drug-likeness (QED) is 0.832. The highest BCUT2D eigenvalue weighted by Crippen LogP contribution is 2.32. The molecule has 1 aliphatic carbocycles. The van der Waals surface area contributed by atoms with Crippen LogP contribution in [0.3, 0.4) is 0 Å². The molecular weight excluding hydrogens is 272 g/mol. The largest absolute Gasteiger partial charge is 0.399 e. The van der Waals surface area contributed by atoms with Crippen molar-refractivity contribution in [2.24, 2.45) is 0 Å². The lowest BCUT2D eigenvalue weighted by Crippen LogP contribution is -2.27. The Morgan fingerprint density at radius 2 is 1.95 bits per heavy atom. The molecule has 1 amide bonds. The minimum atomic E-state index is -0.0728. The fraction of sp³-hybridized carbons (Fsp3) is 0.188. The number of halogens is 1. The molecule has 3 N–H and O–H groups in total. The van der Waals surface area contributed by atoms with E-state index < -0.39 is 0 Å². The van der Waals surface area contributed by atoms with Gasteiger partial charge in [-0.1, -0.05) is 17.7 Å². The lowest BCUT2D eigenvalue weighted by atomic mass is 10.1. The summed E-state index contributed by atoms with van der Waals surface area (Å²) >= 11 is 5.82. The summed E-state index contributed by atoms with van der Waals surface area (Å²) in [4.78, 5) is 12.2. The Hall–Kier alpha value is -2.00. The zero-order valence-electron chi connectivity index (χ0n) is 10.9. The first-order valence-electron chi connectivity index (χ1n) is 6.58. The highest BCUT2D eigenvalue weighted by atomic mass is 35.5. The van der Waals surface area contributed by atoms with Crippen LogP contribution < -0.4 is 11.1 Å². The Morgan fingerprint density at radius 3 is 2.70 bits per heavy atom. The van der Waals surface area contributed by atoms with Gasteiger partial charge in [0, 0.05) is 16.3 Å². The van der Waals surface area contributed by atoms with Crippen molar-refractivity contribution in [3.05, 3.63) is 64.2 Å². The number of anilines is 1. The summed E-state index contributed by atoms with van der Waals surface area (Å²) < 4.78 is 0. The zero-order chi connectivity index (χ0) is 14.1. The Bertz CT molecular complexity index is 652. The number of hydrogen-bond acceptors (Lipinski definition) is 2. The van der Waals surface area contributed by atoms with E-state index in [1.807, 2.05) is 18.2 Å². The van der Waals surface area contributed by atoms with Gasteiger partial charge in [0.1, 0.15) is 0 Å². The van der Waals surface area contributed by atoms with Crippen molar-refractivity contribution in [1.29, 1.82) is 0 Å². The van der Waals surface area contributed by atoms with Gasteiger partial charge in [-0.2, -0.15) is 0 Å². The molecule has 2 aromatic carbocycles. The molecule has 0 saturated heterocycles. The molecule has 0 spiro atoms. The number of carbonyl (C=O) groups excluding carboxylic acids is 1. The average Bonchev–Trinajstić information content (AvgIpc) is 2.81. The third-order valence-electron chi connectivity index (χ3n) is 3.66. The average molecular weight is 287 g/mol. The van der Waals surface area contributed by atoms with Gasteiger partial charge < -0.3 is 11.1 Å². The summed E-state index contributed by atoms with van der Waals surface area (Å²) in [5, 5.41) is 3.70. The first kappa shape index (κ1) is 13.0. The Kier molecular flexibility index (Phi) is 3.36. The second-order valence-corrected chi connectivity index (χ2v) is 5.47. The third kappa shape index (κ3) is 2.49. The van der Waals surface area contributed by atoms with Crippen molar-refractivity contribution in [1.82, 2.24) is 5.32 Å². The zero-order valence-corrected chi connectivity index (χ0v) is 11.7. The van der Waals surface area contributed by atoms with E-state index in [-0.39, 0.29) is 11.9 Å². The van der Waals surface area contributed by atoms with Crippen LogP contribution in [0.1, 0.15) is 33.9 Å². The standard InChI is InChI=1S/C16H15ClN2O/c17-12-4-1-10(2-5-12)16(20)19-15-8-3-11-9-13(18)6-7-14(11)15/h1-2,4-7,9,15H,3,8,18H2,(H,19,20). The molecule has 102 valence electrons. The van der Waals surface area contributed by atoms with Crippen molar-refractivity contribution in [3.63, 3.8) is 0 Å². The molecule has 0 heterocycles. The lowest BCUT2D eigenvalue weighted by Gasteiger charge is -2.14. The van der Waals surface area contributed by atoms with Crippen LogP contribution in [0.5, 0.6) is 0 Å². The van der Waals surface area contributed by atoms with Gasteiger partial charge >= 0.3 is 0 Å². The van der Waals surface area contributed by atoms with E-state index in [1.165, 1.54) is 11.1 Å². The number of hydrogen-bond donors (Lipinski definition) is 2. The van der Waals surface area contributed by atoms with Crippen LogP contribution in [-0.2, 0) is 6.42 Å². The Balaban J connectivity index is 1.77. The molecule has 3 nitrogen and oxygen atoms in total. The Labute approximate surface area is 122 Å². The third-order valence-corrected chi connectivity index (χ3v) is 3.91. The predicted octanol–water partition coefficient (Wildman–Crippen LogP) is 3.34. The molecule has 1 atom stereocenters. The molecule has 20 heavy (non-hydrogen) atoms. The van der Waals surface area contributed by atoms with Crippen molar-refractivity contribution in [3.8, 4) is 0 Å². The number of rotatable bonds is 2. The number of nitrogens with one attached hydrogen (secondary N) is 1. The molecule has 4 heteroatoms. The second kappa shape index (κ2) is 5.17. The summed E-state index contributed by atoms with van der Waals surface area (Å²) in [5.74, 6) is -0.0728. The summed E-state index contributed by atoms with van der Waals surface area (Å²) in [6.45, 7) is 0. The summed E-state index contributed by atoms with van der Waals surface area (Å²) in [5.41, 5.74) is 9.57. The van der Waals surface area contributed by atoms with Gasteiger partial charge in [-0.25, -0.2) is 0 Å². The second-order valence-electron chi connectivity index (χ2n) is 5.03. The number of aryl methyl sites for hydroxylation is 1. The van der Waals surface area contributed by atoms with Crippen LogP contribution in [-0.4, -0.2) is 5.91 Å². The molecule has 3 rings (SSSR count). The summed E-state index contributed by atoms with van der Waals surface area (Å²) in [7, 11) is 0. The molecule has 0 bridgehead atoms. The van der Waals surface area contributed by atoms with Crippen molar-refractivity contribution in [2.45, 2.75) is 18.9 Å². The first-order valence-corrected chi connectivity index (χ1v) is 6.96. The van der Waals surface area contributed by atoms with Gasteiger partial charge in [-0.15, -0.1) is 0 Å². The van der Waals surface area contributed by atoms with Crippen LogP contribution >= 0.6 is 11.6 Å². The topological polar surface area (TPSA) is 55.1 Å². The first-order chi connectivity index (χ1) is 9.63. The van der Waals surface area contributed by atoms with E-state index in [2.05, 4.69) is 5.32 Å². The minimum absolute atomic E-state index is 0.0637. The molecule has 2 aromatic rings. The maximum atomic E-state index is 12.2. The van der Waals surface area contributed by atoms with E-state index in [4.69, 9.17) is 17.3 Å². The fourth-order valence-corrected chi connectivity index (χ4v) is 2.76. The fourth-order valence-electron chi connectivity index (χ4n) is 2.63. The lowest BCUT2D eigenvalue weighted by molar-refractivity contribution is 0.0937. The number of carbonyl (C=O) groups is 1. The molecule has 0 aromatic heterocycles. The van der Waals surface area contributed by atoms with Crippen LogP contribution in [0.4, 0.5) is 5.69 Å². The monoisotopic (exact) mass is 286 g/mol. The smallest absolute Gasteiger partial charge is 0.251 e. The normalized spacial score (nSPS) is 16.8. The summed E-state index contributed by atoms with van der Waals surface area (Å²) in [6.07, 6.45) is 1.87. The molecule has 0 fully saturated rings. The molecule has 0 radical (unpaired) electrons. The molecule has 1 aliphatic rings. The van der Waals surface area contributed by atoms with E-state index in [1.54, 1.807) is 24.3 Å². The van der Waals surface area contributed by atoms with Gasteiger partial charge in [-0.05, 0) is 60.4 Å². The number of benzene rings is 2. The van der Waals surface area contributed by atoms with Gasteiger partial charge in [0.15, 0.2) is 0 Å². The van der Waals surface area contributed by atoms with Crippen molar-refractivity contribution >= 4 is 23.2 Å². The van der Waals surface area contributed by atoms with Gasteiger partial charge in [-0.3, -0.25) is 4.79 Å². The highest BCUT2D eigenvalue weighted by molar-refractivity contribution is 6.30. The van der Waals surface area contributed by atoms with E-state index in [9.17, 15) is 4.79 Å². The van der Waals surface area contributed by atoms with Crippen LogP contribution in [0.2, 0.25) is 5.02 Å². The minimum Gasteiger partial charge on any atom is -0.399 e. The van der Waals surface area contributed by atoms with Crippen LogP contribution in [0.25, 0.3) is 0 Å². The summed E-state index contributed by atoms with van der Waals surface area (Å²) in [6, 6.07) is 12.8.